The van der Waals surface area contributed by atoms with Gasteiger partial charge in [-0.15, -0.1) is 0 Å². The Morgan fingerprint density at radius 1 is 1.17 bits per heavy atom. The summed E-state index contributed by atoms with van der Waals surface area (Å²) in [4.78, 5) is 14.2. The molecule has 29 heavy (non-hydrogen) atoms. The van der Waals surface area contributed by atoms with Crippen LogP contribution in [0.4, 0.5) is 18.9 Å². The monoisotopic (exact) mass is 439 g/mol. The molecule has 2 aromatic rings. The molecule has 1 aliphatic heterocycles. The second-order valence-electron chi connectivity index (χ2n) is 5.91. The normalized spacial score (nSPS) is 15.9. The van der Waals surface area contributed by atoms with Gasteiger partial charge in [0.05, 0.1) is 29.9 Å². The standard InChI is InChI=1S/C20H16F3NO3S2/c1-3-27-15-8-7-12(9-16(15)26-2)10-17-18(25)24(19(28)29-17)14-6-4-5-13(11-14)20(21,22)23/h4-11H,3H2,1-2H3/b17-10+. The minimum atomic E-state index is -4.51. The van der Waals surface area contributed by atoms with Gasteiger partial charge in [0.2, 0.25) is 0 Å². The molecule has 0 aromatic heterocycles. The van der Waals surface area contributed by atoms with Crippen molar-refractivity contribution in [1.29, 1.82) is 0 Å². The molecule has 1 amide bonds. The van der Waals surface area contributed by atoms with Crippen LogP contribution in [-0.2, 0) is 11.0 Å². The van der Waals surface area contributed by atoms with Crippen LogP contribution in [0, 0.1) is 0 Å². The summed E-state index contributed by atoms with van der Waals surface area (Å²) in [6.45, 7) is 2.33. The quantitative estimate of drug-likeness (QED) is 0.453. The van der Waals surface area contributed by atoms with Crippen LogP contribution in [0.25, 0.3) is 6.08 Å². The highest BCUT2D eigenvalue weighted by Gasteiger charge is 2.36. The fourth-order valence-electron chi connectivity index (χ4n) is 2.71. The number of hydrogen-bond donors (Lipinski definition) is 0. The minimum Gasteiger partial charge on any atom is -0.493 e. The fraction of sp³-hybridized carbons (Fsp3) is 0.200. The maximum atomic E-state index is 13.0. The van der Waals surface area contributed by atoms with Gasteiger partial charge in [0.25, 0.3) is 5.91 Å². The lowest BCUT2D eigenvalue weighted by atomic mass is 10.1. The molecule has 1 aliphatic rings. The third-order valence-electron chi connectivity index (χ3n) is 4.01. The van der Waals surface area contributed by atoms with Gasteiger partial charge in [-0.05, 0) is 48.9 Å². The molecule has 0 aliphatic carbocycles. The van der Waals surface area contributed by atoms with Crippen molar-refractivity contribution in [2.45, 2.75) is 13.1 Å². The first-order chi connectivity index (χ1) is 13.7. The van der Waals surface area contributed by atoms with Crippen molar-refractivity contribution >= 4 is 46.0 Å². The molecule has 0 unspecified atom stereocenters. The van der Waals surface area contributed by atoms with E-state index in [-0.39, 0.29) is 10.0 Å². The number of anilines is 1. The summed E-state index contributed by atoms with van der Waals surface area (Å²) in [6, 6.07) is 9.71. The number of benzene rings is 2. The van der Waals surface area contributed by atoms with E-state index in [1.807, 2.05) is 6.92 Å². The summed E-state index contributed by atoms with van der Waals surface area (Å²) in [5.41, 5.74) is -0.0888. The van der Waals surface area contributed by atoms with Gasteiger partial charge in [-0.2, -0.15) is 13.2 Å². The molecule has 4 nitrogen and oxygen atoms in total. The Balaban J connectivity index is 1.91. The Kier molecular flexibility index (Phi) is 6.18. The zero-order chi connectivity index (χ0) is 21.2. The Hall–Kier alpha value is -2.52. The number of methoxy groups -OCH3 is 1. The summed E-state index contributed by atoms with van der Waals surface area (Å²) in [6.07, 6.45) is -2.89. The number of amides is 1. The van der Waals surface area contributed by atoms with Gasteiger partial charge in [0.15, 0.2) is 15.8 Å². The molecule has 2 aromatic carbocycles. The summed E-state index contributed by atoms with van der Waals surface area (Å²) in [5.74, 6) is 0.602. The van der Waals surface area contributed by atoms with Crippen molar-refractivity contribution in [2.75, 3.05) is 18.6 Å². The fourth-order valence-corrected chi connectivity index (χ4v) is 4.01. The Bertz CT molecular complexity index is 989. The summed E-state index contributed by atoms with van der Waals surface area (Å²) < 4.78 is 49.9. The second kappa shape index (κ2) is 8.46. The molecular weight excluding hydrogens is 423 g/mol. The summed E-state index contributed by atoms with van der Waals surface area (Å²) >= 11 is 6.26. The lowest BCUT2D eigenvalue weighted by Gasteiger charge is -2.16. The summed E-state index contributed by atoms with van der Waals surface area (Å²) in [7, 11) is 1.51. The average molecular weight is 439 g/mol. The van der Waals surface area contributed by atoms with Crippen LogP contribution in [0.1, 0.15) is 18.1 Å². The topological polar surface area (TPSA) is 38.8 Å². The number of halogens is 3. The molecule has 1 saturated heterocycles. The molecule has 0 N–H and O–H groups in total. The van der Waals surface area contributed by atoms with Crippen molar-refractivity contribution in [2.24, 2.45) is 0 Å². The molecule has 1 heterocycles. The van der Waals surface area contributed by atoms with Gasteiger partial charge in [-0.25, -0.2) is 0 Å². The molecule has 152 valence electrons. The van der Waals surface area contributed by atoms with Crippen LogP contribution in [-0.4, -0.2) is 23.9 Å². The lowest BCUT2D eigenvalue weighted by Crippen LogP contribution is -2.27. The van der Waals surface area contributed by atoms with Gasteiger partial charge >= 0.3 is 6.18 Å². The zero-order valence-electron chi connectivity index (χ0n) is 15.4. The smallest absolute Gasteiger partial charge is 0.416 e. The highest BCUT2D eigenvalue weighted by Crippen LogP contribution is 2.39. The maximum Gasteiger partial charge on any atom is 0.416 e. The van der Waals surface area contributed by atoms with E-state index in [9.17, 15) is 18.0 Å². The zero-order valence-corrected chi connectivity index (χ0v) is 17.1. The van der Waals surface area contributed by atoms with Crippen molar-refractivity contribution in [1.82, 2.24) is 0 Å². The predicted octanol–water partition coefficient (Wildman–Crippen LogP) is 5.52. The van der Waals surface area contributed by atoms with Gasteiger partial charge in [0.1, 0.15) is 0 Å². The largest absolute Gasteiger partial charge is 0.493 e. The van der Waals surface area contributed by atoms with Crippen molar-refractivity contribution in [3.05, 3.63) is 58.5 Å². The molecule has 0 atom stereocenters. The predicted molar refractivity (Wildman–Crippen MR) is 111 cm³/mol. The minimum absolute atomic E-state index is 0.0787. The molecule has 9 heteroatoms. The van der Waals surface area contributed by atoms with Gasteiger partial charge in [-0.3, -0.25) is 9.69 Å². The molecule has 0 saturated carbocycles. The van der Waals surface area contributed by atoms with E-state index in [1.165, 1.54) is 19.2 Å². The number of thioether (sulfide) groups is 1. The van der Waals surface area contributed by atoms with Crippen LogP contribution in [0.3, 0.4) is 0 Å². The first-order valence-corrected chi connectivity index (χ1v) is 9.73. The Morgan fingerprint density at radius 2 is 1.93 bits per heavy atom. The molecular formula is C20H16F3NO3S2. The summed E-state index contributed by atoms with van der Waals surface area (Å²) in [5, 5.41) is 0. The van der Waals surface area contributed by atoms with E-state index in [1.54, 1.807) is 24.3 Å². The van der Waals surface area contributed by atoms with Crippen LogP contribution < -0.4 is 14.4 Å². The highest BCUT2D eigenvalue weighted by molar-refractivity contribution is 8.27. The Morgan fingerprint density at radius 3 is 2.59 bits per heavy atom. The van der Waals surface area contributed by atoms with Gasteiger partial charge < -0.3 is 9.47 Å². The van der Waals surface area contributed by atoms with Gasteiger partial charge in [0, 0.05) is 0 Å². The van der Waals surface area contributed by atoms with E-state index >= 15 is 0 Å². The number of alkyl halides is 3. The van der Waals surface area contributed by atoms with Crippen molar-refractivity contribution in [3.63, 3.8) is 0 Å². The van der Waals surface area contributed by atoms with E-state index in [0.29, 0.717) is 28.6 Å². The first kappa shape index (κ1) is 21.2. The molecule has 0 radical (unpaired) electrons. The van der Waals surface area contributed by atoms with E-state index in [0.717, 1.165) is 28.8 Å². The van der Waals surface area contributed by atoms with Crippen LogP contribution in [0.2, 0.25) is 0 Å². The van der Waals surface area contributed by atoms with Crippen molar-refractivity contribution in [3.8, 4) is 11.5 Å². The SMILES string of the molecule is CCOc1ccc(/C=C2/SC(=S)N(c3cccc(C(F)(F)F)c3)C2=O)cc1OC. The first-order valence-electron chi connectivity index (χ1n) is 8.50. The highest BCUT2D eigenvalue weighted by atomic mass is 32.2. The number of rotatable bonds is 5. The van der Waals surface area contributed by atoms with E-state index < -0.39 is 17.6 Å². The lowest BCUT2D eigenvalue weighted by molar-refractivity contribution is -0.137. The average Bonchev–Trinajstić information content (AvgIpc) is 2.95. The number of thiocarbonyl (C=S) groups is 1. The third kappa shape index (κ3) is 4.56. The number of ether oxygens (including phenoxy) is 2. The van der Waals surface area contributed by atoms with E-state index in [4.69, 9.17) is 21.7 Å². The number of carbonyl (C=O) groups is 1. The van der Waals surface area contributed by atoms with Gasteiger partial charge in [-0.1, -0.05) is 36.1 Å². The van der Waals surface area contributed by atoms with Crippen LogP contribution in [0.5, 0.6) is 11.5 Å². The number of nitrogens with zero attached hydrogens (tertiary/aromatic N) is 1. The third-order valence-corrected chi connectivity index (χ3v) is 5.31. The molecule has 3 rings (SSSR count). The van der Waals surface area contributed by atoms with Crippen LogP contribution >= 0.6 is 24.0 Å². The van der Waals surface area contributed by atoms with Crippen LogP contribution in [0.15, 0.2) is 47.4 Å². The van der Waals surface area contributed by atoms with Crippen molar-refractivity contribution < 1.29 is 27.4 Å². The van der Waals surface area contributed by atoms with E-state index in [2.05, 4.69) is 0 Å². The number of hydrogen-bond acceptors (Lipinski definition) is 5. The number of carbonyl (C=O) groups excluding carboxylic acids is 1. The molecule has 0 spiro atoms. The second-order valence-corrected chi connectivity index (χ2v) is 7.58. The maximum absolute atomic E-state index is 13.0. The Labute approximate surface area is 175 Å². The molecule has 0 bridgehead atoms. The molecule has 1 fully saturated rings.